The monoisotopic (exact) mass is 404 g/mol. The van der Waals surface area contributed by atoms with E-state index in [1.165, 1.54) is 22.9 Å². The fourth-order valence-electron chi connectivity index (χ4n) is 4.31. The minimum Gasteiger partial charge on any atom is -0.339 e. The molecule has 0 aliphatic carbocycles. The molecule has 0 spiro atoms. The van der Waals surface area contributed by atoms with Gasteiger partial charge < -0.3 is 4.90 Å². The highest BCUT2D eigenvalue weighted by Crippen LogP contribution is 2.22. The molecule has 0 saturated carbocycles. The number of nitriles is 1. The quantitative estimate of drug-likeness (QED) is 0.757. The van der Waals surface area contributed by atoms with Crippen molar-refractivity contribution in [1.82, 2.24) is 14.1 Å². The van der Waals surface area contributed by atoms with E-state index in [1.807, 2.05) is 6.07 Å². The first-order chi connectivity index (χ1) is 13.3. The van der Waals surface area contributed by atoms with Gasteiger partial charge in [-0.1, -0.05) is 26.0 Å². The van der Waals surface area contributed by atoms with Gasteiger partial charge in [-0.2, -0.15) is 9.57 Å². The molecule has 1 amide bonds. The van der Waals surface area contributed by atoms with Gasteiger partial charge in [-0.15, -0.1) is 0 Å². The molecule has 2 aliphatic rings. The number of rotatable bonds is 4. The second-order valence-electron chi connectivity index (χ2n) is 8.03. The van der Waals surface area contributed by atoms with Gasteiger partial charge in [0.15, 0.2) is 0 Å². The molecule has 2 fully saturated rings. The maximum Gasteiger partial charge on any atom is 0.244 e. The standard InChI is InChI=1S/C20H28N4O3S/c1-16-11-17(2)14-22(13-16)15-20(25)23-7-9-24(10-8-23)28(26,27)19-6-4-3-5-18(19)12-21/h3-6,16-17H,7-11,13-15H2,1-2H3/t16-,17-/m1/s1. The van der Waals surface area contributed by atoms with Crippen LogP contribution in [0.5, 0.6) is 0 Å². The van der Waals surface area contributed by atoms with Crippen LogP contribution in [-0.2, 0) is 14.8 Å². The van der Waals surface area contributed by atoms with Gasteiger partial charge >= 0.3 is 0 Å². The number of amides is 1. The number of nitrogens with zero attached hydrogens (tertiary/aromatic N) is 4. The maximum atomic E-state index is 12.9. The summed E-state index contributed by atoms with van der Waals surface area (Å²) in [7, 11) is -3.73. The predicted molar refractivity (Wildman–Crippen MR) is 106 cm³/mol. The number of hydrogen-bond acceptors (Lipinski definition) is 5. The van der Waals surface area contributed by atoms with Crippen molar-refractivity contribution in [2.75, 3.05) is 45.8 Å². The summed E-state index contributed by atoms with van der Waals surface area (Å²) in [6.45, 7) is 7.98. The SMILES string of the molecule is C[C@@H]1C[C@@H](C)CN(CC(=O)N2CCN(S(=O)(=O)c3ccccc3C#N)CC2)C1. The molecule has 1 aromatic carbocycles. The molecule has 7 nitrogen and oxygen atoms in total. The van der Waals surface area contributed by atoms with Crippen molar-refractivity contribution < 1.29 is 13.2 Å². The van der Waals surface area contributed by atoms with E-state index in [0.29, 0.717) is 31.5 Å². The zero-order valence-corrected chi connectivity index (χ0v) is 17.4. The third-order valence-electron chi connectivity index (χ3n) is 5.52. The van der Waals surface area contributed by atoms with Gasteiger partial charge in [-0.25, -0.2) is 8.42 Å². The molecule has 0 bridgehead atoms. The minimum absolute atomic E-state index is 0.0357. The molecule has 0 N–H and O–H groups in total. The van der Waals surface area contributed by atoms with Crippen molar-refractivity contribution in [3.8, 4) is 6.07 Å². The van der Waals surface area contributed by atoms with E-state index in [-0.39, 0.29) is 29.5 Å². The molecule has 0 radical (unpaired) electrons. The van der Waals surface area contributed by atoms with Crippen LogP contribution in [0, 0.1) is 23.2 Å². The normalized spacial score (nSPS) is 24.7. The summed E-state index contributed by atoms with van der Waals surface area (Å²) in [4.78, 5) is 16.7. The van der Waals surface area contributed by atoms with Crippen LogP contribution in [0.2, 0.25) is 0 Å². The Bertz CT molecular complexity index is 846. The van der Waals surface area contributed by atoms with Crippen LogP contribution in [0.3, 0.4) is 0 Å². The highest BCUT2D eigenvalue weighted by molar-refractivity contribution is 7.89. The topological polar surface area (TPSA) is 84.7 Å². The summed E-state index contributed by atoms with van der Waals surface area (Å²) in [6, 6.07) is 8.18. The van der Waals surface area contributed by atoms with Gasteiger partial charge in [0.05, 0.1) is 17.0 Å². The lowest BCUT2D eigenvalue weighted by atomic mass is 9.92. The third kappa shape index (κ3) is 4.54. The first-order valence-corrected chi connectivity index (χ1v) is 11.2. The van der Waals surface area contributed by atoms with Crippen molar-refractivity contribution in [2.45, 2.75) is 25.2 Å². The van der Waals surface area contributed by atoms with Gasteiger partial charge in [0.25, 0.3) is 0 Å². The molecule has 2 atom stereocenters. The first kappa shape index (κ1) is 20.8. The van der Waals surface area contributed by atoms with Crippen molar-refractivity contribution in [1.29, 1.82) is 5.26 Å². The molecular weight excluding hydrogens is 376 g/mol. The average molecular weight is 405 g/mol. The highest BCUT2D eigenvalue weighted by Gasteiger charge is 2.32. The summed E-state index contributed by atoms with van der Waals surface area (Å²) in [5.74, 6) is 1.26. The van der Waals surface area contributed by atoms with Crippen LogP contribution < -0.4 is 0 Å². The highest BCUT2D eigenvalue weighted by atomic mass is 32.2. The van der Waals surface area contributed by atoms with Crippen LogP contribution >= 0.6 is 0 Å². The van der Waals surface area contributed by atoms with Gasteiger partial charge in [0.1, 0.15) is 6.07 Å². The Morgan fingerprint density at radius 2 is 1.71 bits per heavy atom. The zero-order chi connectivity index (χ0) is 20.3. The molecule has 28 heavy (non-hydrogen) atoms. The number of benzene rings is 1. The maximum absolute atomic E-state index is 12.9. The van der Waals surface area contributed by atoms with Gasteiger partial charge in [0.2, 0.25) is 15.9 Å². The number of carbonyl (C=O) groups is 1. The fraction of sp³-hybridized carbons (Fsp3) is 0.600. The van der Waals surface area contributed by atoms with Crippen molar-refractivity contribution >= 4 is 15.9 Å². The number of likely N-dealkylation sites (tertiary alicyclic amines) is 1. The summed E-state index contributed by atoms with van der Waals surface area (Å²) in [6.07, 6.45) is 1.20. The van der Waals surface area contributed by atoms with Gasteiger partial charge in [-0.3, -0.25) is 9.69 Å². The average Bonchev–Trinajstić information content (AvgIpc) is 2.67. The van der Waals surface area contributed by atoms with Crippen molar-refractivity contribution in [3.05, 3.63) is 29.8 Å². The molecule has 2 heterocycles. The second kappa shape index (κ2) is 8.60. The first-order valence-electron chi connectivity index (χ1n) is 9.80. The Labute approximate surface area is 167 Å². The summed E-state index contributed by atoms with van der Waals surface area (Å²) >= 11 is 0. The Kier molecular flexibility index (Phi) is 6.38. The van der Waals surface area contributed by atoms with Gasteiger partial charge in [0, 0.05) is 39.3 Å². The number of piperazine rings is 1. The van der Waals surface area contributed by atoms with Crippen LogP contribution in [0.15, 0.2) is 29.2 Å². The lowest BCUT2D eigenvalue weighted by Gasteiger charge is -2.38. The third-order valence-corrected chi connectivity index (χ3v) is 7.48. The fourth-order valence-corrected chi connectivity index (χ4v) is 5.88. The molecule has 0 unspecified atom stereocenters. The van der Waals surface area contributed by atoms with Gasteiger partial charge in [-0.05, 0) is 30.4 Å². The summed E-state index contributed by atoms with van der Waals surface area (Å²) in [5.41, 5.74) is 0.148. The Hall–Kier alpha value is -1.95. The molecule has 2 saturated heterocycles. The number of carbonyl (C=O) groups excluding carboxylic acids is 1. The Balaban J connectivity index is 1.59. The van der Waals surface area contributed by atoms with Crippen LogP contribution in [-0.4, -0.2) is 74.2 Å². The van der Waals surface area contributed by atoms with Crippen LogP contribution in [0.25, 0.3) is 0 Å². The lowest BCUT2D eigenvalue weighted by Crippen LogP contribution is -2.53. The number of sulfonamides is 1. The molecule has 3 rings (SSSR count). The van der Waals surface area contributed by atoms with E-state index in [1.54, 1.807) is 17.0 Å². The Morgan fingerprint density at radius 3 is 2.32 bits per heavy atom. The summed E-state index contributed by atoms with van der Waals surface area (Å²) in [5, 5.41) is 9.20. The van der Waals surface area contributed by atoms with Crippen molar-refractivity contribution in [2.24, 2.45) is 11.8 Å². The Morgan fingerprint density at radius 1 is 1.11 bits per heavy atom. The second-order valence-corrected chi connectivity index (χ2v) is 9.94. The van der Waals surface area contributed by atoms with Crippen molar-refractivity contribution in [3.63, 3.8) is 0 Å². The molecule has 8 heteroatoms. The predicted octanol–water partition coefficient (Wildman–Crippen LogP) is 1.37. The van der Waals surface area contributed by atoms with E-state index >= 15 is 0 Å². The molecule has 0 aromatic heterocycles. The van der Waals surface area contributed by atoms with E-state index in [4.69, 9.17) is 0 Å². The molecular formula is C20H28N4O3S. The molecule has 152 valence electrons. The van der Waals surface area contributed by atoms with Crippen LogP contribution in [0.1, 0.15) is 25.8 Å². The minimum atomic E-state index is -3.73. The zero-order valence-electron chi connectivity index (χ0n) is 16.5. The molecule has 2 aliphatic heterocycles. The van der Waals surface area contributed by atoms with Crippen LogP contribution in [0.4, 0.5) is 0 Å². The number of hydrogen-bond donors (Lipinski definition) is 0. The summed E-state index contributed by atoms with van der Waals surface area (Å²) < 4.78 is 27.2. The van der Waals surface area contributed by atoms with E-state index < -0.39 is 10.0 Å². The number of piperidine rings is 1. The molecule has 1 aromatic rings. The van der Waals surface area contributed by atoms with E-state index in [0.717, 1.165) is 13.1 Å². The smallest absolute Gasteiger partial charge is 0.244 e. The van der Waals surface area contributed by atoms with E-state index in [2.05, 4.69) is 18.7 Å². The largest absolute Gasteiger partial charge is 0.339 e. The lowest BCUT2D eigenvalue weighted by molar-refractivity contribution is -0.134. The van der Waals surface area contributed by atoms with E-state index in [9.17, 15) is 18.5 Å².